The van der Waals surface area contributed by atoms with E-state index in [2.05, 4.69) is 180 Å². The highest BCUT2D eigenvalue weighted by Crippen LogP contribution is 2.28. The number of pyridine rings is 2. The summed E-state index contributed by atoms with van der Waals surface area (Å²) in [7, 11) is 0. The van der Waals surface area contributed by atoms with E-state index >= 15 is 0 Å². The van der Waals surface area contributed by atoms with Crippen LogP contribution in [0.5, 0.6) is 0 Å². The molecular formula is C62H87N11. The maximum atomic E-state index is 4.68. The molecular weight excluding hydrogens is 899 g/mol. The molecule has 2 aromatic carbocycles. The quantitative estimate of drug-likeness (QED) is 0.143. The molecule has 6 heterocycles. The smallest absolute Gasteiger partial charge is 0.148 e. The largest absolute Gasteiger partial charge is 0.258 e. The van der Waals surface area contributed by atoms with Crippen LogP contribution in [0.2, 0.25) is 0 Å². The molecule has 0 saturated carbocycles. The summed E-state index contributed by atoms with van der Waals surface area (Å²) in [6, 6.07) is 0. The van der Waals surface area contributed by atoms with Gasteiger partial charge in [-0.2, -0.15) is 5.10 Å². The lowest BCUT2D eigenvalue weighted by Crippen LogP contribution is -2.01. The van der Waals surface area contributed by atoms with Gasteiger partial charge in [0.15, 0.2) is 0 Å². The lowest BCUT2D eigenvalue weighted by Gasteiger charge is -2.13. The zero-order valence-corrected chi connectivity index (χ0v) is 50.4. The minimum atomic E-state index is 0.734. The number of benzene rings is 2. The molecule has 6 aromatic heterocycles. The van der Waals surface area contributed by atoms with Crippen LogP contribution in [0, 0.1) is 201 Å². The Balaban J connectivity index is 0.000000235. The third-order valence-corrected chi connectivity index (χ3v) is 15.4. The molecule has 0 radical (unpaired) electrons. The molecule has 0 saturated heterocycles. The van der Waals surface area contributed by atoms with Crippen molar-refractivity contribution in [1.82, 2.24) is 55.1 Å². The Kier molecular flexibility index (Phi) is 21.2. The van der Waals surface area contributed by atoms with Crippen molar-refractivity contribution in [3.05, 3.63) is 163 Å². The minimum absolute atomic E-state index is 0.734. The van der Waals surface area contributed by atoms with Crippen molar-refractivity contribution >= 4 is 22.1 Å². The molecule has 0 aliphatic heterocycles. The Morgan fingerprint density at radius 1 is 0.137 bits per heavy atom. The first-order chi connectivity index (χ1) is 33.7. The fourth-order valence-electron chi connectivity index (χ4n) is 7.97. The normalized spacial score (nSPS) is 10.5. The first-order valence-corrected chi connectivity index (χ1v) is 25.4. The molecule has 8 rings (SSSR count). The van der Waals surface area contributed by atoms with E-state index in [-0.39, 0.29) is 0 Å². The van der Waals surface area contributed by atoms with Gasteiger partial charge < -0.3 is 0 Å². The minimum Gasteiger partial charge on any atom is -0.258 e. The average molecular weight is 986 g/mol. The van der Waals surface area contributed by atoms with Gasteiger partial charge in [-0.05, 0) is 279 Å². The Labute approximate surface area is 439 Å². The van der Waals surface area contributed by atoms with Gasteiger partial charge in [0.05, 0.1) is 79.0 Å². The summed E-state index contributed by atoms with van der Waals surface area (Å²) in [5.41, 5.74) is 37.4. The summed E-state index contributed by atoms with van der Waals surface area (Å²) < 4.78 is 0. The summed E-state index contributed by atoms with van der Waals surface area (Å²) in [5.74, 6) is 0.734. The lowest BCUT2D eigenvalue weighted by molar-refractivity contribution is 0.848. The van der Waals surface area contributed by atoms with Crippen LogP contribution in [0.25, 0.3) is 22.1 Å². The number of aryl methyl sites for hydroxylation is 19. The first kappa shape index (κ1) is 60.8. The van der Waals surface area contributed by atoms with Gasteiger partial charge >= 0.3 is 0 Å². The first-order valence-electron chi connectivity index (χ1n) is 25.4. The summed E-state index contributed by atoms with van der Waals surface area (Å²) in [5, 5.41) is 7.64. The van der Waals surface area contributed by atoms with E-state index in [0.29, 0.717) is 0 Å². The summed E-state index contributed by atoms with van der Waals surface area (Å²) in [4.78, 5) is 40.3. The zero-order chi connectivity index (χ0) is 55.8. The Morgan fingerprint density at radius 2 is 0.315 bits per heavy atom. The highest BCUT2D eigenvalue weighted by atomic mass is 15.2. The van der Waals surface area contributed by atoms with Crippen LogP contribution >= 0.6 is 0 Å². The highest BCUT2D eigenvalue weighted by molar-refractivity contribution is 5.85. The molecule has 0 atom stereocenters. The van der Waals surface area contributed by atoms with Crippen LogP contribution in [-0.2, 0) is 0 Å². The third-order valence-electron chi connectivity index (χ3n) is 15.4. The monoisotopic (exact) mass is 986 g/mol. The number of nitrogens with zero attached hydrogens (tertiary/aromatic N) is 11. The molecule has 0 aliphatic rings. The van der Waals surface area contributed by atoms with Crippen LogP contribution in [-0.4, -0.2) is 55.1 Å². The van der Waals surface area contributed by atoms with Gasteiger partial charge in [-0.15, -0.1) is 5.10 Å². The summed E-state index contributed by atoms with van der Waals surface area (Å²) in [6.07, 6.45) is 0. The molecule has 0 spiro atoms. The Morgan fingerprint density at radius 3 is 0.521 bits per heavy atom. The van der Waals surface area contributed by atoms with E-state index in [4.69, 9.17) is 0 Å². The molecule has 73 heavy (non-hydrogen) atoms. The van der Waals surface area contributed by atoms with Gasteiger partial charge in [0.25, 0.3) is 0 Å². The van der Waals surface area contributed by atoms with Gasteiger partial charge in [0, 0.05) is 22.8 Å². The van der Waals surface area contributed by atoms with E-state index in [1.165, 1.54) is 77.9 Å². The van der Waals surface area contributed by atoms with Crippen LogP contribution in [0.3, 0.4) is 0 Å². The van der Waals surface area contributed by atoms with E-state index < -0.39 is 0 Å². The van der Waals surface area contributed by atoms with Crippen LogP contribution in [0.4, 0.5) is 0 Å². The molecule has 0 fully saturated rings. The second-order valence-electron chi connectivity index (χ2n) is 20.1. The van der Waals surface area contributed by atoms with Gasteiger partial charge in [-0.25, -0.2) is 24.9 Å². The molecule has 0 aliphatic carbocycles. The Hall–Kier alpha value is -6.49. The maximum absolute atomic E-state index is 4.68. The van der Waals surface area contributed by atoms with E-state index in [1.807, 2.05) is 76.2 Å². The van der Waals surface area contributed by atoms with E-state index in [9.17, 15) is 0 Å². The summed E-state index contributed by atoms with van der Waals surface area (Å²) >= 11 is 0. The van der Waals surface area contributed by atoms with Crippen LogP contribution in [0.1, 0.15) is 163 Å². The SMILES string of the molecule is Cc1nc(C)c(C)c(C)c1C.Cc1nc(C)c(C)c(C)c1C.Cc1nc(C)c(C)nc1C.Cc1nc2c(C)c(C)c(C)c(C)c2nc1C.Cc1nc2c(C)c(C)c(C)c(C)c2nc1C.Cc1nnc(C)c(C)n1. The number of fused-ring (bicyclic) bond motifs is 2. The Bertz CT molecular complexity index is 2950. The number of hydrogen-bond donors (Lipinski definition) is 0. The van der Waals surface area contributed by atoms with E-state index in [1.54, 1.807) is 0 Å². The van der Waals surface area contributed by atoms with Crippen molar-refractivity contribution in [1.29, 1.82) is 0 Å². The van der Waals surface area contributed by atoms with E-state index in [0.717, 1.165) is 108 Å². The second kappa shape index (κ2) is 25.4. The number of rotatable bonds is 0. The molecule has 0 amide bonds. The second-order valence-corrected chi connectivity index (χ2v) is 20.1. The molecule has 0 bridgehead atoms. The van der Waals surface area contributed by atoms with Crippen molar-refractivity contribution in [3.63, 3.8) is 0 Å². The zero-order valence-electron chi connectivity index (χ0n) is 50.4. The van der Waals surface area contributed by atoms with Crippen molar-refractivity contribution in [2.24, 2.45) is 0 Å². The van der Waals surface area contributed by atoms with Crippen LogP contribution in [0.15, 0.2) is 0 Å². The van der Waals surface area contributed by atoms with Crippen molar-refractivity contribution in [3.8, 4) is 0 Å². The van der Waals surface area contributed by atoms with Gasteiger partial charge in [0.1, 0.15) is 5.82 Å². The van der Waals surface area contributed by atoms with Crippen molar-refractivity contribution in [2.45, 2.75) is 201 Å². The lowest BCUT2D eigenvalue weighted by atomic mass is 9.97. The molecule has 0 unspecified atom stereocenters. The van der Waals surface area contributed by atoms with Gasteiger partial charge in [-0.1, -0.05) is 0 Å². The number of aromatic nitrogens is 11. The highest BCUT2D eigenvalue weighted by Gasteiger charge is 2.14. The fourth-order valence-corrected chi connectivity index (χ4v) is 7.97. The molecule has 11 heteroatoms. The molecule has 11 nitrogen and oxygen atoms in total. The van der Waals surface area contributed by atoms with Crippen molar-refractivity contribution in [2.75, 3.05) is 0 Å². The predicted molar refractivity (Wildman–Crippen MR) is 307 cm³/mol. The fraction of sp³-hybridized carbons (Fsp3) is 0.468. The standard InChI is InChI=1S/2C14H18N2.2C10H15N.C8H12N2.C6H9N3/c2*1-7-8(2)10(4)14-13(9(7)3)15-11(5)12(6)16-14;2*1-6-7(2)9(4)11-10(5)8(6)3;1-5-6(2)10-8(4)7(3)9-5;1-4-5(2)8-9-6(3)7-4/h2*1-6H3;2*1-5H3;1-4H3;1-3H3. The van der Waals surface area contributed by atoms with Crippen molar-refractivity contribution < 1.29 is 0 Å². The molecule has 8 aromatic rings. The predicted octanol–water partition coefficient (Wildman–Crippen LogP) is 14.7. The van der Waals surface area contributed by atoms with Gasteiger partial charge in [0.2, 0.25) is 0 Å². The van der Waals surface area contributed by atoms with Crippen LogP contribution < -0.4 is 0 Å². The topological polar surface area (TPSA) is 142 Å². The summed E-state index contributed by atoms with van der Waals surface area (Å²) in [6.45, 7) is 59.9. The molecule has 0 N–H and O–H groups in total. The third kappa shape index (κ3) is 14.6. The average Bonchev–Trinajstić information content (AvgIpc) is 3.34. The van der Waals surface area contributed by atoms with Gasteiger partial charge in [-0.3, -0.25) is 19.9 Å². The number of hydrogen-bond acceptors (Lipinski definition) is 11. The maximum Gasteiger partial charge on any atom is 0.148 e. The molecule has 390 valence electrons.